The summed E-state index contributed by atoms with van der Waals surface area (Å²) >= 11 is 5.77. The number of benzene rings is 1. The van der Waals surface area contributed by atoms with Gasteiger partial charge in [-0.15, -0.1) is 0 Å². The number of hydrogen-bond acceptors (Lipinski definition) is 2. The van der Waals surface area contributed by atoms with Gasteiger partial charge in [0.15, 0.2) is 0 Å². The molecule has 0 aliphatic heterocycles. The molecule has 0 aliphatic rings. The van der Waals surface area contributed by atoms with Gasteiger partial charge in [0.05, 0.1) is 12.0 Å². The molecule has 1 rings (SSSR count). The molecule has 0 aliphatic carbocycles. The molecule has 3 N–H and O–H groups in total. The number of nitrogens with two attached hydrogens (primary N) is 1. The van der Waals surface area contributed by atoms with Gasteiger partial charge in [0.25, 0.3) is 0 Å². The van der Waals surface area contributed by atoms with Crippen LogP contribution in [0.2, 0.25) is 5.02 Å². The largest absolute Gasteiger partial charge is 0.385 e. The van der Waals surface area contributed by atoms with E-state index in [0.29, 0.717) is 17.0 Å². The molecule has 1 unspecified atom stereocenters. The standard InChI is InChI=1S/C12H16ClNO2/c1-2-7-12(16,8-11(14)15)9-3-5-10(13)6-4-9/h3-6,16H,2,7-8H2,1H3,(H2,14,15). The topological polar surface area (TPSA) is 63.3 Å². The maximum absolute atomic E-state index is 11.0. The van der Waals surface area contributed by atoms with Gasteiger partial charge in [-0.1, -0.05) is 37.1 Å². The molecule has 0 spiro atoms. The van der Waals surface area contributed by atoms with Crippen LogP contribution in [-0.2, 0) is 10.4 Å². The first-order valence-electron chi connectivity index (χ1n) is 5.24. The van der Waals surface area contributed by atoms with Crippen LogP contribution in [0.5, 0.6) is 0 Å². The van der Waals surface area contributed by atoms with E-state index in [4.69, 9.17) is 17.3 Å². The number of amides is 1. The first kappa shape index (κ1) is 13.0. The lowest BCUT2D eigenvalue weighted by molar-refractivity contribution is -0.123. The van der Waals surface area contributed by atoms with Gasteiger partial charge in [-0.05, 0) is 24.1 Å². The normalized spacial score (nSPS) is 14.4. The second-order valence-corrected chi connectivity index (χ2v) is 4.37. The van der Waals surface area contributed by atoms with Gasteiger partial charge >= 0.3 is 0 Å². The minimum atomic E-state index is -1.18. The highest BCUT2D eigenvalue weighted by Crippen LogP contribution is 2.30. The lowest BCUT2D eigenvalue weighted by atomic mass is 9.86. The predicted octanol–water partition coefficient (Wildman–Crippen LogP) is 2.20. The van der Waals surface area contributed by atoms with E-state index in [1.807, 2.05) is 6.92 Å². The summed E-state index contributed by atoms with van der Waals surface area (Å²) in [5.74, 6) is -0.508. The number of carbonyl (C=O) groups excluding carboxylic acids is 1. The third-order valence-corrected chi connectivity index (χ3v) is 2.76. The molecule has 0 bridgehead atoms. The Hall–Kier alpha value is -1.06. The Kier molecular flexibility index (Phi) is 4.33. The van der Waals surface area contributed by atoms with E-state index in [-0.39, 0.29) is 6.42 Å². The fourth-order valence-electron chi connectivity index (χ4n) is 1.80. The third-order valence-electron chi connectivity index (χ3n) is 2.51. The van der Waals surface area contributed by atoms with Crippen LogP contribution in [0.3, 0.4) is 0 Å². The van der Waals surface area contributed by atoms with Crippen molar-refractivity contribution in [3.8, 4) is 0 Å². The predicted molar refractivity (Wildman–Crippen MR) is 64.1 cm³/mol. The highest BCUT2D eigenvalue weighted by Gasteiger charge is 2.30. The van der Waals surface area contributed by atoms with Crippen molar-refractivity contribution in [1.29, 1.82) is 0 Å². The quantitative estimate of drug-likeness (QED) is 0.830. The van der Waals surface area contributed by atoms with Crippen LogP contribution in [0.4, 0.5) is 0 Å². The zero-order chi connectivity index (χ0) is 12.2. The van der Waals surface area contributed by atoms with Gasteiger partial charge in [0, 0.05) is 5.02 Å². The highest BCUT2D eigenvalue weighted by molar-refractivity contribution is 6.30. The van der Waals surface area contributed by atoms with Crippen molar-refractivity contribution in [2.24, 2.45) is 5.73 Å². The molecule has 88 valence electrons. The van der Waals surface area contributed by atoms with Crippen molar-refractivity contribution in [3.05, 3.63) is 34.9 Å². The van der Waals surface area contributed by atoms with Crippen molar-refractivity contribution in [2.75, 3.05) is 0 Å². The second-order valence-electron chi connectivity index (χ2n) is 3.93. The minimum Gasteiger partial charge on any atom is -0.385 e. The molecule has 1 atom stereocenters. The van der Waals surface area contributed by atoms with Crippen molar-refractivity contribution < 1.29 is 9.90 Å². The van der Waals surface area contributed by atoms with E-state index < -0.39 is 11.5 Å². The number of carbonyl (C=O) groups is 1. The van der Waals surface area contributed by atoms with E-state index >= 15 is 0 Å². The Balaban J connectivity index is 3.00. The van der Waals surface area contributed by atoms with Gasteiger partial charge in [-0.25, -0.2) is 0 Å². The third kappa shape index (κ3) is 3.22. The van der Waals surface area contributed by atoms with Crippen LogP contribution in [0.25, 0.3) is 0 Å². The maximum atomic E-state index is 11.0. The molecule has 16 heavy (non-hydrogen) atoms. The molecular formula is C12H16ClNO2. The summed E-state index contributed by atoms with van der Waals surface area (Å²) in [5.41, 5.74) is 4.65. The summed E-state index contributed by atoms with van der Waals surface area (Å²) in [6.07, 6.45) is 1.20. The van der Waals surface area contributed by atoms with Gasteiger partial charge in [0.1, 0.15) is 0 Å². The summed E-state index contributed by atoms with van der Waals surface area (Å²) in [7, 11) is 0. The zero-order valence-corrected chi connectivity index (χ0v) is 10.00. The average Bonchev–Trinajstić information content (AvgIpc) is 2.17. The van der Waals surface area contributed by atoms with E-state index in [1.54, 1.807) is 24.3 Å². The summed E-state index contributed by atoms with van der Waals surface area (Å²) < 4.78 is 0. The van der Waals surface area contributed by atoms with Crippen LogP contribution in [-0.4, -0.2) is 11.0 Å². The minimum absolute atomic E-state index is 0.0670. The number of hydrogen-bond donors (Lipinski definition) is 2. The molecule has 1 amide bonds. The summed E-state index contributed by atoms with van der Waals surface area (Å²) in [6, 6.07) is 6.83. The number of halogens is 1. The van der Waals surface area contributed by atoms with E-state index in [1.165, 1.54) is 0 Å². The van der Waals surface area contributed by atoms with Gasteiger partial charge < -0.3 is 10.8 Å². The Morgan fingerprint density at radius 2 is 2.00 bits per heavy atom. The SMILES string of the molecule is CCCC(O)(CC(N)=O)c1ccc(Cl)cc1. The Morgan fingerprint density at radius 3 is 2.44 bits per heavy atom. The molecule has 4 heteroatoms. The van der Waals surface area contributed by atoms with Crippen LogP contribution in [0, 0.1) is 0 Å². The van der Waals surface area contributed by atoms with Crippen LogP contribution in [0.1, 0.15) is 31.7 Å². The van der Waals surface area contributed by atoms with E-state index in [9.17, 15) is 9.90 Å². The highest BCUT2D eigenvalue weighted by atomic mass is 35.5. The number of primary amides is 1. The lowest BCUT2D eigenvalue weighted by Crippen LogP contribution is -2.31. The summed E-state index contributed by atoms with van der Waals surface area (Å²) in [6.45, 7) is 1.95. The van der Waals surface area contributed by atoms with Gasteiger partial charge in [-0.2, -0.15) is 0 Å². The molecule has 0 saturated carbocycles. The maximum Gasteiger partial charge on any atom is 0.220 e. The van der Waals surface area contributed by atoms with E-state index in [2.05, 4.69) is 0 Å². The number of aliphatic hydroxyl groups is 1. The Labute approximate surface area is 100 Å². The molecule has 0 aromatic heterocycles. The molecule has 0 fully saturated rings. The molecule has 0 radical (unpaired) electrons. The summed E-state index contributed by atoms with van der Waals surface area (Å²) in [5, 5.41) is 11.0. The average molecular weight is 242 g/mol. The Bertz CT molecular complexity index is 364. The smallest absolute Gasteiger partial charge is 0.220 e. The zero-order valence-electron chi connectivity index (χ0n) is 9.24. The molecule has 1 aromatic carbocycles. The lowest BCUT2D eigenvalue weighted by Gasteiger charge is -2.27. The molecular weight excluding hydrogens is 226 g/mol. The molecule has 3 nitrogen and oxygen atoms in total. The van der Waals surface area contributed by atoms with Crippen molar-refractivity contribution in [2.45, 2.75) is 31.8 Å². The van der Waals surface area contributed by atoms with Crippen LogP contribution in [0.15, 0.2) is 24.3 Å². The molecule has 0 saturated heterocycles. The Morgan fingerprint density at radius 1 is 1.44 bits per heavy atom. The first-order valence-corrected chi connectivity index (χ1v) is 5.62. The fraction of sp³-hybridized carbons (Fsp3) is 0.417. The molecule has 0 heterocycles. The van der Waals surface area contributed by atoms with Gasteiger partial charge in [0.2, 0.25) is 5.91 Å². The number of rotatable bonds is 5. The summed E-state index contributed by atoms with van der Waals surface area (Å²) in [4.78, 5) is 11.0. The van der Waals surface area contributed by atoms with Gasteiger partial charge in [-0.3, -0.25) is 4.79 Å². The van der Waals surface area contributed by atoms with Crippen LogP contribution >= 0.6 is 11.6 Å². The van der Waals surface area contributed by atoms with Crippen molar-refractivity contribution in [1.82, 2.24) is 0 Å². The van der Waals surface area contributed by atoms with Crippen molar-refractivity contribution in [3.63, 3.8) is 0 Å². The first-order chi connectivity index (χ1) is 7.48. The fourth-order valence-corrected chi connectivity index (χ4v) is 1.92. The van der Waals surface area contributed by atoms with E-state index in [0.717, 1.165) is 6.42 Å². The van der Waals surface area contributed by atoms with Crippen LogP contribution < -0.4 is 5.73 Å². The molecule has 1 aromatic rings. The second kappa shape index (κ2) is 5.32. The van der Waals surface area contributed by atoms with Crippen molar-refractivity contribution >= 4 is 17.5 Å². The monoisotopic (exact) mass is 241 g/mol.